The minimum atomic E-state index is -1.01. The summed E-state index contributed by atoms with van der Waals surface area (Å²) in [5, 5.41) is 11.1. The molecule has 0 aromatic heterocycles. The van der Waals surface area contributed by atoms with Crippen LogP contribution >= 0.6 is 0 Å². The lowest BCUT2D eigenvalue weighted by Gasteiger charge is -2.05. The van der Waals surface area contributed by atoms with Gasteiger partial charge in [-0.1, -0.05) is 6.42 Å². The molecule has 4 nitrogen and oxygen atoms in total. The number of carboxylic acid groups (broad SMARTS) is 1. The topological polar surface area (TPSA) is 66.4 Å². The first-order valence-electron chi connectivity index (χ1n) is 3.72. The fraction of sp³-hybridized carbons (Fsp3) is 0.714. The largest absolute Gasteiger partial charge is 0.481 e. The molecule has 1 unspecified atom stereocenters. The maximum absolute atomic E-state index is 11.0. The molecule has 0 aliphatic carbocycles. The van der Waals surface area contributed by atoms with E-state index in [1.807, 2.05) is 0 Å². The molecule has 0 aromatic rings. The monoisotopic (exact) mass is 157 g/mol. The van der Waals surface area contributed by atoms with Gasteiger partial charge < -0.3 is 10.4 Å². The Morgan fingerprint density at radius 3 is 2.91 bits per heavy atom. The molecule has 1 saturated heterocycles. The number of nitrogens with one attached hydrogen (secondary N) is 1. The van der Waals surface area contributed by atoms with E-state index in [0.717, 1.165) is 12.8 Å². The van der Waals surface area contributed by atoms with Crippen molar-refractivity contribution in [1.82, 2.24) is 5.32 Å². The van der Waals surface area contributed by atoms with Gasteiger partial charge in [0.25, 0.3) is 0 Å². The molecule has 11 heavy (non-hydrogen) atoms. The fourth-order valence-electron chi connectivity index (χ4n) is 1.17. The molecule has 1 heterocycles. The zero-order valence-corrected chi connectivity index (χ0v) is 6.17. The number of amides is 1. The molecule has 4 heteroatoms. The molecular formula is C7H11NO3. The van der Waals surface area contributed by atoms with Crippen molar-refractivity contribution in [2.75, 3.05) is 6.54 Å². The molecule has 1 atom stereocenters. The molecule has 0 bridgehead atoms. The van der Waals surface area contributed by atoms with Crippen LogP contribution in [0.2, 0.25) is 0 Å². The number of hydrogen-bond donors (Lipinski definition) is 2. The highest BCUT2D eigenvalue weighted by molar-refractivity contribution is 5.96. The first kappa shape index (κ1) is 8.04. The molecule has 1 fully saturated rings. The third-order valence-electron chi connectivity index (χ3n) is 1.83. The lowest BCUT2D eigenvalue weighted by Crippen LogP contribution is -2.33. The SMILES string of the molecule is O=C(O)C1CCCCNC1=O. The Bertz CT molecular complexity index is 179. The van der Waals surface area contributed by atoms with Gasteiger partial charge in [-0.2, -0.15) is 0 Å². The van der Waals surface area contributed by atoms with Crippen LogP contribution in [0, 0.1) is 5.92 Å². The second-order valence-corrected chi connectivity index (χ2v) is 2.68. The Balaban J connectivity index is 2.59. The van der Waals surface area contributed by atoms with Crippen LogP contribution in [0.3, 0.4) is 0 Å². The molecule has 1 aliphatic rings. The fourth-order valence-corrected chi connectivity index (χ4v) is 1.17. The maximum atomic E-state index is 11.0. The van der Waals surface area contributed by atoms with E-state index in [-0.39, 0.29) is 5.91 Å². The van der Waals surface area contributed by atoms with Gasteiger partial charge in [0.05, 0.1) is 0 Å². The highest BCUT2D eigenvalue weighted by Crippen LogP contribution is 2.11. The van der Waals surface area contributed by atoms with E-state index in [4.69, 9.17) is 5.11 Å². The van der Waals surface area contributed by atoms with Crippen LogP contribution in [0.25, 0.3) is 0 Å². The number of rotatable bonds is 1. The first-order chi connectivity index (χ1) is 5.22. The normalized spacial score (nSPS) is 25.5. The smallest absolute Gasteiger partial charge is 0.316 e. The van der Waals surface area contributed by atoms with Crippen LogP contribution in [-0.4, -0.2) is 23.5 Å². The summed E-state index contributed by atoms with van der Waals surface area (Å²) in [5.74, 6) is -2.17. The van der Waals surface area contributed by atoms with Gasteiger partial charge in [-0.05, 0) is 12.8 Å². The molecule has 0 saturated carbocycles. The Morgan fingerprint density at radius 1 is 1.55 bits per heavy atom. The van der Waals surface area contributed by atoms with Crippen molar-refractivity contribution >= 4 is 11.9 Å². The van der Waals surface area contributed by atoms with E-state index < -0.39 is 11.9 Å². The lowest BCUT2D eigenvalue weighted by atomic mass is 10.0. The minimum absolute atomic E-state index is 0.338. The van der Waals surface area contributed by atoms with Crippen molar-refractivity contribution in [2.24, 2.45) is 5.92 Å². The van der Waals surface area contributed by atoms with Crippen LogP contribution in [0.4, 0.5) is 0 Å². The zero-order chi connectivity index (χ0) is 8.27. The molecule has 1 amide bonds. The number of carbonyl (C=O) groups excluding carboxylic acids is 1. The van der Waals surface area contributed by atoms with Gasteiger partial charge in [0.15, 0.2) is 0 Å². The van der Waals surface area contributed by atoms with E-state index in [9.17, 15) is 9.59 Å². The third-order valence-corrected chi connectivity index (χ3v) is 1.83. The molecule has 1 aliphatic heterocycles. The summed E-state index contributed by atoms with van der Waals surface area (Å²) in [6.07, 6.45) is 2.17. The van der Waals surface area contributed by atoms with Crippen molar-refractivity contribution in [3.8, 4) is 0 Å². The molecule has 1 rings (SSSR count). The molecule has 0 radical (unpaired) electrons. The van der Waals surface area contributed by atoms with Crippen molar-refractivity contribution in [3.63, 3.8) is 0 Å². The van der Waals surface area contributed by atoms with Crippen LogP contribution in [0.5, 0.6) is 0 Å². The Morgan fingerprint density at radius 2 is 2.27 bits per heavy atom. The maximum Gasteiger partial charge on any atom is 0.316 e. The summed E-state index contributed by atoms with van der Waals surface area (Å²) in [6.45, 7) is 0.614. The summed E-state index contributed by atoms with van der Waals surface area (Å²) in [7, 11) is 0. The quantitative estimate of drug-likeness (QED) is 0.526. The molecular weight excluding hydrogens is 146 g/mol. The van der Waals surface area contributed by atoms with Crippen LogP contribution in [0.1, 0.15) is 19.3 Å². The van der Waals surface area contributed by atoms with Gasteiger partial charge in [0, 0.05) is 6.54 Å². The highest BCUT2D eigenvalue weighted by atomic mass is 16.4. The van der Waals surface area contributed by atoms with Crippen LogP contribution in [-0.2, 0) is 9.59 Å². The van der Waals surface area contributed by atoms with Crippen LogP contribution < -0.4 is 5.32 Å². The lowest BCUT2D eigenvalue weighted by molar-refractivity contribution is -0.146. The van der Waals surface area contributed by atoms with Crippen LogP contribution in [0.15, 0.2) is 0 Å². The first-order valence-corrected chi connectivity index (χ1v) is 3.72. The van der Waals surface area contributed by atoms with Gasteiger partial charge in [-0.15, -0.1) is 0 Å². The van der Waals surface area contributed by atoms with Gasteiger partial charge in [-0.3, -0.25) is 9.59 Å². The minimum Gasteiger partial charge on any atom is -0.481 e. The Kier molecular flexibility index (Phi) is 2.46. The number of carboxylic acids is 1. The van der Waals surface area contributed by atoms with E-state index in [2.05, 4.69) is 5.32 Å². The van der Waals surface area contributed by atoms with Crippen molar-refractivity contribution in [1.29, 1.82) is 0 Å². The average molecular weight is 157 g/mol. The number of hydrogen-bond acceptors (Lipinski definition) is 2. The predicted molar refractivity (Wildman–Crippen MR) is 38.0 cm³/mol. The Labute approximate surface area is 64.6 Å². The summed E-state index contributed by atoms with van der Waals surface area (Å²) in [6, 6.07) is 0. The Hall–Kier alpha value is -1.06. The standard InChI is InChI=1S/C7H11NO3/c9-6-5(7(10)11)3-1-2-4-8-6/h5H,1-4H2,(H,8,9)(H,10,11). The highest BCUT2D eigenvalue weighted by Gasteiger charge is 2.26. The van der Waals surface area contributed by atoms with Gasteiger partial charge in [0.2, 0.25) is 5.91 Å². The van der Waals surface area contributed by atoms with Crippen molar-refractivity contribution in [3.05, 3.63) is 0 Å². The molecule has 2 N–H and O–H groups in total. The van der Waals surface area contributed by atoms with Gasteiger partial charge in [0.1, 0.15) is 5.92 Å². The summed E-state index contributed by atoms with van der Waals surface area (Å²) >= 11 is 0. The number of carbonyl (C=O) groups is 2. The summed E-state index contributed by atoms with van der Waals surface area (Å²) in [4.78, 5) is 21.4. The van der Waals surface area contributed by atoms with Crippen molar-refractivity contribution < 1.29 is 14.7 Å². The summed E-state index contributed by atoms with van der Waals surface area (Å²) in [5.41, 5.74) is 0. The molecule has 0 aromatic carbocycles. The van der Waals surface area contributed by atoms with E-state index in [0.29, 0.717) is 13.0 Å². The second kappa shape index (κ2) is 3.37. The molecule has 0 spiro atoms. The predicted octanol–water partition coefficient (Wildman–Crippen LogP) is -0.0127. The van der Waals surface area contributed by atoms with Gasteiger partial charge in [-0.25, -0.2) is 0 Å². The number of aliphatic carboxylic acids is 1. The molecule has 62 valence electrons. The van der Waals surface area contributed by atoms with E-state index in [1.54, 1.807) is 0 Å². The summed E-state index contributed by atoms with van der Waals surface area (Å²) < 4.78 is 0. The van der Waals surface area contributed by atoms with E-state index in [1.165, 1.54) is 0 Å². The average Bonchev–Trinajstić information content (AvgIpc) is 2.13. The second-order valence-electron chi connectivity index (χ2n) is 2.68. The van der Waals surface area contributed by atoms with E-state index >= 15 is 0 Å². The van der Waals surface area contributed by atoms with Crippen molar-refractivity contribution in [2.45, 2.75) is 19.3 Å². The third kappa shape index (κ3) is 1.93. The van der Waals surface area contributed by atoms with Gasteiger partial charge >= 0.3 is 5.97 Å². The zero-order valence-electron chi connectivity index (χ0n) is 6.17.